The molecule has 0 radical (unpaired) electrons. The average molecular weight is 475 g/mol. The molecule has 0 fully saturated rings. The summed E-state index contributed by atoms with van der Waals surface area (Å²) in [5.74, 6) is 0.579. The molecule has 0 saturated carbocycles. The maximum absolute atomic E-state index is 13.5. The van der Waals surface area contributed by atoms with E-state index in [0.717, 1.165) is 17.1 Å². The number of hydrogen-bond donors (Lipinski definition) is 2. The summed E-state index contributed by atoms with van der Waals surface area (Å²) in [5, 5.41) is 9.90. The van der Waals surface area contributed by atoms with E-state index in [1.54, 1.807) is 29.5 Å². The van der Waals surface area contributed by atoms with Gasteiger partial charge < -0.3 is 15.1 Å². The van der Waals surface area contributed by atoms with E-state index in [0.29, 0.717) is 40.2 Å². The molecule has 0 bridgehead atoms. The first-order valence-corrected chi connectivity index (χ1v) is 12.0. The molecule has 6 rings (SSSR count). The summed E-state index contributed by atoms with van der Waals surface area (Å²) in [7, 11) is 0. The second-order valence-electron chi connectivity index (χ2n) is 8.34. The first-order valence-electron chi connectivity index (χ1n) is 10.7. The molecule has 5 nitrogen and oxygen atoms in total. The Morgan fingerprint density at radius 2 is 1.82 bits per heavy atom. The number of hydrogen-bond acceptors (Lipinski definition) is 6. The van der Waals surface area contributed by atoms with E-state index in [1.807, 2.05) is 35.7 Å². The van der Waals surface area contributed by atoms with Crippen molar-refractivity contribution in [1.82, 2.24) is 0 Å². The van der Waals surface area contributed by atoms with Crippen molar-refractivity contribution in [3.63, 3.8) is 0 Å². The number of carbonyl (C=O) groups excluding carboxylic acids is 1. The second-order valence-corrected chi connectivity index (χ2v) is 9.75. The van der Waals surface area contributed by atoms with E-state index < -0.39 is 6.04 Å². The summed E-state index contributed by atoms with van der Waals surface area (Å²) >= 11 is 7.75. The van der Waals surface area contributed by atoms with Gasteiger partial charge in [0.2, 0.25) is 0 Å². The van der Waals surface area contributed by atoms with Crippen LogP contribution in [0.25, 0.3) is 11.0 Å². The van der Waals surface area contributed by atoms with Gasteiger partial charge in [-0.3, -0.25) is 9.59 Å². The molecule has 164 valence electrons. The van der Waals surface area contributed by atoms with Crippen molar-refractivity contribution in [1.29, 1.82) is 0 Å². The summed E-state index contributed by atoms with van der Waals surface area (Å²) in [6.45, 7) is 0. The van der Waals surface area contributed by atoms with Crippen LogP contribution in [-0.2, 0) is 4.79 Å². The largest absolute Gasteiger partial charge is 0.458 e. The van der Waals surface area contributed by atoms with Gasteiger partial charge in [0.05, 0.1) is 16.8 Å². The second kappa shape index (κ2) is 7.90. The molecule has 2 aromatic carbocycles. The molecule has 0 amide bonds. The van der Waals surface area contributed by atoms with Crippen LogP contribution in [0.4, 0.5) is 11.4 Å². The lowest BCUT2D eigenvalue weighted by Crippen LogP contribution is -2.27. The number of benzene rings is 2. The number of anilines is 2. The van der Waals surface area contributed by atoms with Gasteiger partial charge in [-0.25, -0.2) is 0 Å². The molecule has 1 aliphatic carbocycles. The molecule has 0 spiro atoms. The van der Waals surface area contributed by atoms with E-state index in [2.05, 4.69) is 16.7 Å². The van der Waals surface area contributed by atoms with E-state index >= 15 is 0 Å². The summed E-state index contributed by atoms with van der Waals surface area (Å²) in [4.78, 5) is 27.7. The minimum atomic E-state index is -0.583. The average Bonchev–Trinajstić information content (AvgIpc) is 3.28. The predicted molar refractivity (Wildman–Crippen MR) is 132 cm³/mol. The Kier molecular flexibility index (Phi) is 4.85. The van der Waals surface area contributed by atoms with Crippen LogP contribution >= 0.6 is 22.9 Å². The third-order valence-corrected chi connectivity index (χ3v) is 7.52. The number of Topliss-reactive ketones (excluding diaryl/α,β-unsaturated/α-hetero) is 1. The molecule has 0 saturated heterocycles. The number of para-hydroxylation sites is 2. The number of rotatable bonds is 2. The third-order valence-electron chi connectivity index (χ3n) is 6.25. The van der Waals surface area contributed by atoms with Crippen LogP contribution in [0.1, 0.15) is 35.4 Å². The van der Waals surface area contributed by atoms with Gasteiger partial charge in [-0.05, 0) is 48.2 Å². The molecule has 4 aromatic rings. The molecule has 7 heteroatoms. The molecule has 33 heavy (non-hydrogen) atoms. The standard InChI is InChI=1S/C26H19ClN2O3S/c27-15-7-8-22-16(12-15)20(30)13-23(32-22)26-25-19(28-17-4-1-2-5-18(17)29-26)10-14(11-21(25)31)24-6-3-9-33-24/h1-9,12-14,26,28-29H,10-11H2. The van der Waals surface area contributed by atoms with Crippen molar-refractivity contribution in [2.45, 2.75) is 24.8 Å². The van der Waals surface area contributed by atoms with Crippen molar-refractivity contribution in [2.24, 2.45) is 0 Å². The monoisotopic (exact) mass is 474 g/mol. The lowest BCUT2D eigenvalue weighted by atomic mass is 9.82. The highest BCUT2D eigenvalue weighted by Crippen LogP contribution is 2.45. The highest BCUT2D eigenvalue weighted by atomic mass is 35.5. The fourth-order valence-electron chi connectivity index (χ4n) is 4.72. The van der Waals surface area contributed by atoms with Gasteiger partial charge in [0.15, 0.2) is 11.2 Å². The number of halogens is 1. The summed E-state index contributed by atoms with van der Waals surface area (Å²) in [5.41, 5.74) is 3.47. The molecule has 1 aliphatic heterocycles. The Hall–Kier alpha value is -3.35. The van der Waals surface area contributed by atoms with Gasteiger partial charge >= 0.3 is 0 Å². The highest BCUT2D eigenvalue weighted by molar-refractivity contribution is 7.10. The zero-order chi connectivity index (χ0) is 22.5. The van der Waals surface area contributed by atoms with Crippen LogP contribution in [0.3, 0.4) is 0 Å². The Bertz CT molecular complexity index is 1490. The quantitative estimate of drug-likeness (QED) is 0.347. The number of allylic oxidation sites excluding steroid dienone is 1. The SMILES string of the molecule is O=C1CC(c2cccs2)CC2=C1C(c1cc(=O)c3cc(Cl)ccc3o1)Nc1ccccc1N2. The molecule has 2 aliphatic rings. The first kappa shape index (κ1) is 20.3. The van der Waals surface area contributed by atoms with Gasteiger partial charge in [0, 0.05) is 39.6 Å². The lowest BCUT2D eigenvalue weighted by molar-refractivity contribution is -0.116. The number of fused-ring (bicyclic) bond motifs is 2. The van der Waals surface area contributed by atoms with Crippen LogP contribution in [0.5, 0.6) is 0 Å². The first-order chi connectivity index (χ1) is 16.1. The number of ketones is 1. The van der Waals surface area contributed by atoms with Crippen LogP contribution < -0.4 is 16.1 Å². The number of nitrogens with one attached hydrogen (secondary N) is 2. The topological polar surface area (TPSA) is 71.3 Å². The summed E-state index contributed by atoms with van der Waals surface area (Å²) in [6.07, 6.45) is 1.13. The van der Waals surface area contributed by atoms with Gasteiger partial charge in [-0.15, -0.1) is 11.3 Å². The van der Waals surface area contributed by atoms with E-state index in [-0.39, 0.29) is 17.1 Å². The summed E-state index contributed by atoms with van der Waals surface area (Å²) < 4.78 is 6.17. The Morgan fingerprint density at radius 3 is 2.64 bits per heavy atom. The molecular formula is C26H19ClN2O3S. The minimum absolute atomic E-state index is 0.0475. The maximum Gasteiger partial charge on any atom is 0.193 e. The van der Waals surface area contributed by atoms with Crippen molar-refractivity contribution in [3.05, 3.63) is 103 Å². The van der Waals surface area contributed by atoms with Crippen molar-refractivity contribution in [3.8, 4) is 0 Å². The van der Waals surface area contributed by atoms with E-state index in [4.69, 9.17) is 16.0 Å². The molecule has 2 unspecified atom stereocenters. The van der Waals surface area contributed by atoms with Crippen molar-refractivity contribution >= 4 is 51.1 Å². The normalized spacial score (nSPS) is 20.0. The lowest BCUT2D eigenvalue weighted by Gasteiger charge is -2.28. The fourth-order valence-corrected chi connectivity index (χ4v) is 5.72. The van der Waals surface area contributed by atoms with Gasteiger partial charge in [-0.1, -0.05) is 29.8 Å². The highest BCUT2D eigenvalue weighted by Gasteiger charge is 2.37. The molecule has 2 N–H and O–H groups in total. The Balaban J connectivity index is 1.52. The van der Waals surface area contributed by atoms with Crippen molar-refractivity contribution < 1.29 is 9.21 Å². The third kappa shape index (κ3) is 3.56. The van der Waals surface area contributed by atoms with Crippen molar-refractivity contribution in [2.75, 3.05) is 10.6 Å². The Labute approximate surface area is 198 Å². The van der Waals surface area contributed by atoms with Crippen LogP contribution in [0.15, 0.2) is 86.5 Å². The number of thiophene rings is 1. The van der Waals surface area contributed by atoms with Gasteiger partial charge in [-0.2, -0.15) is 0 Å². The molecule has 2 atom stereocenters. The van der Waals surface area contributed by atoms with Crippen LogP contribution in [-0.4, -0.2) is 5.78 Å². The van der Waals surface area contributed by atoms with Crippen LogP contribution in [0.2, 0.25) is 5.02 Å². The van der Waals surface area contributed by atoms with Gasteiger partial charge in [0.1, 0.15) is 17.4 Å². The molecular weight excluding hydrogens is 456 g/mol. The van der Waals surface area contributed by atoms with E-state index in [9.17, 15) is 9.59 Å². The fraction of sp³-hybridized carbons (Fsp3) is 0.154. The Morgan fingerprint density at radius 1 is 0.970 bits per heavy atom. The summed E-state index contributed by atoms with van der Waals surface area (Å²) in [6, 6.07) is 17.8. The minimum Gasteiger partial charge on any atom is -0.458 e. The predicted octanol–water partition coefficient (Wildman–Crippen LogP) is 6.49. The van der Waals surface area contributed by atoms with Crippen LogP contribution in [0, 0.1) is 0 Å². The number of carbonyl (C=O) groups is 1. The maximum atomic E-state index is 13.5. The van der Waals surface area contributed by atoms with E-state index in [1.165, 1.54) is 10.9 Å². The van der Waals surface area contributed by atoms with Gasteiger partial charge in [0.25, 0.3) is 0 Å². The molecule has 3 heterocycles. The smallest absolute Gasteiger partial charge is 0.193 e. The zero-order valence-corrected chi connectivity index (χ0v) is 19.0. The molecule has 2 aromatic heterocycles. The zero-order valence-electron chi connectivity index (χ0n) is 17.4.